The van der Waals surface area contributed by atoms with Crippen molar-refractivity contribution in [2.24, 2.45) is 5.92 Å². The number of nitrogens with one attached hydrogen (secondary N) is 1. The molecular formula is C15H21N5O3S. The SMILES string of the molecule is Cc1csc(-c2c(C)nc(N)nc2NC2CC(CO)C(O)C2O)n1. The van der Waals surface area contributed by atoms with E-state index in [0.29, 0.717) is 17.9 Å². The summed E-state index contributed by atoms with van der Waals surface area (Å²) >= 11 is 1.48. The predicted molar refractivity (Wildman–Crippen MR) is 91.6 cm³/mol. The fourth-order valence-corrected chi connectivity index (χ4v) is 3.94. The van der Waals surface area contributed by atoms with E-state index in [2.05, 4.69) is 20.3 Å². The molecule has 3 rings (SSSR count). The second kappa shape index (κ2) is 6.60. The quantitative estimate of drug-likeness (QED) is 0.531. The van der Waals surface area contributed by atoms with Crippen LogP contribution in [0.2, 0.25) is 0 Å². The Labute approximate surface area is 143 Å². The average Bonchev–Trinajstić information content (AvgIpc) is 3.05. The highest BCUT2D eigenvalue weighted by Crippen LogP contribution is 2.35. The van der Waals surface area contributed by atoms with Crippen molar-refractivity contribution >= 4 is 23.1 Å². The molecule has 4 atom stereocenters. The van der Waals surface area contributed by atoms with Crippen LogP contribution in [0.25, 0.3) is 10.6 Å². The first-order chi connectivity index (χ1) is 11.4. The van der Waals surface area contributed by atoms with Gasteiger partial charge in [0.2, 0.25) is 5.95 Å². The highest BCUT2D eigenvalue weighted by Gasteiger charge is 2.41. The zero-order valence-electron chi connectivity index (χ0n) is 13.5. The summed E-state index contributed by atoms with van der Waals surface area (Å²) in [6, 6.07) is -0.439. The fourth-order valence-electron chi connectivity index (χ4n) is 3.05. The maximum Gasteiger partial charge on any atom is 0.222 e. The van der Waals surface area contributed by atoms with Crippen molar-refractivity contribution in [3.8, 4) is 10.6 Å². The number of hydrogen-bond acceptors (Lipinski definition) is 9. The Morgan fingerprint density at radius 2 is 2.00 bits per heavy atom. The number of anilines is 2. The van der Waals surface area contributed by atoms with E-state index in [1.165, 1.54) is 11.3 Å². The highest BCUT2D eigenvalue weighted by molar-refractivity contribution is 7.13. The molecule has 9 heteroatoms. The summed E-state index contributed by atoms with van der Waals surface area (Å²) in [6.07, 6.45) is -1.54. The molecule has 0 radical (unpaired) electrons. The lowest BCUT2D eigenvalue weighted by atomic mass is 10.1. The van der Waals surface area contributed by atoms with Gasteiger partial charge < -0.3 is 26.4 Å². The standard InChI is InChI=1S/C15H21N5O3S/c1-6-5-24-14(17-6)10-7(2)18-15(16)20-13(10)19-9-3-8(4-21)11(22)12(9)23/h5,8-9,11-12,21-23H,3-4H2,1-2H3,(H3,16,18,19,20). The Hall–Kier alpha value is -1.81. The molecule has 24 heavy (non-hydrogen) atoms. The summed E-state index contributed by atoms with van der Waals surface area (Å²) in [5.74, 6) is 0.228. The van der Waals surface area contributed by atoms with Crippen molar-refractivity contribution in [1.82, 2.24) is 15.0 Å². The van der Waals surface area contributed by atoms with Crippen molar-refractivity contribution in [2.75, 3.05) is 17.7 Å². The Balaban J connectivity index is 1.96. The van der Waals surface area contributed by atoms with Crippen molar-refractivity contribution in [2.45, 2.75) is 38.5 Å². The van der Waals surface area contributed by atoms with Gasteiger partial charge in [-0.1, -0.05) is 0 Å². The van der Waals surface area contributed by atoms with Gasteiger partial charge in [-0.2, -0.15) is 4.98 Å². The van der Waals surface area contributed by atoms with E-state index < -0.39 is 18.2 Å². The molecule has 0 aliphatic heterocycles. The van der Waals surface area contributed by atoms with Gasteiger partial charge in [0.05, 0.1) is 23.4 Å². The number of aliphatic hydroxyl groups excluding tert-OH is 3. The molecule has 4 unspecified atom stereocenters. The second-order valence-corrected chi connectivity index (χ2v) is 6.95. The molecule has 0 bridgehead atoms. The molecule has 0 saturated heterocycles. The lowest BCUT2D eigenvalue weighted by Gasteiger charge is -2.20. The van der Waals surface area contributed by atoms with Gasteiger partial charge in [0.15, 0.2) is 0 Å². The van der Waals surface area contributed by atoms with E-state index >= 15 is 0 Å². The molecule has 2 aromatic rings. The van der Waals surface area contributed by atoms with Crippen molar-refractivity contribution in [3.63, 3.8) is 0 Å². The number of aromatic nitrogens is 3. The number of aliphatic hydroxyl groups is 3. The van der Waals surface area contributed by atoms with E-state index in [0.717, 1.165) is 16.3 Å². The van der Waals surface area contributed by atoms with Crippen molar-refractivity contribution in [3.05, 3.63) is 16.8 Å². The number of nitrogens with two attached hydrogens (primary N) is 1. The molecule has 6 N–H and O–H groups in total. The van der Waals surface area contributed by atoms with Crippen LogP contribution in [0.1, 0.15) is 17.8 Å². The van der Waals surface area contributed by atoms with Gasteiger partial charge in [-0.15, -0.1) is 11.3 Å². The smallest absolute Gasteiger partial charge is 0.222 e. The Morgan fingerprint density at radius 3 is 2.58 bits per heavy atom. The third kappa shape index (κ3) is 3.07. The number of rotatable bonds is 4. The van der Waals surface area contributed by atoms with Gasteiger partial charge in [-0.25, -0.2) is 9.97 Å². The zero-order chi connectivity index (χ0) is 17.4. The Kier molecular flexibility index (Phi) is 4.68. The summed E-state index contributed by atoms with van der Waals surface area (Å²) in [5, 5.41) is 35.4. The van der Waals surface area contributed by atoms with Crippen LogP contribution >= 0.6 is 11.3 Å². The van der Waals surface area contributed by atoms with E-state index in [9.17, 15) is 15.3 Å². The van der Waals surface area contributed by atoms with E-state index in [4.69, 9.17) is 5.73 Å². The van der Waals surface area contributed by atoms with Crippen LogP contribution in [0.4, 0.5) is 11.8 Å². The largest absolute Gasteiger partial charge is 0.396 e. The van der Waals surface area contributed by atoms with Crippen LogP contribution in [0.15, 0.2) is 5.38 Å². The van der Waals surface area contributed by atoms with Crippen LogP contribution in [0, 0.1) is 19.8 Å². The molecule has 0 spiro atoms. The summed E-state index contributed by atoms with van der Waals surface area (Å²) < 4.78 is 0. The summed E-state index contributed by atoms with van der Waals surface area (Å²) in [7, 11) is 0. The van der Waals surface area contributed by atoms with Crippen LogP contribution in [0.5, 0.6) is 0 Å². The third-order valence-corrected chi connectivity index (χ3v) is 5.28. The predicted octanol–water partition coefficient (Wildman–Crippen LogP) is 0.314. The van der Waals surface area contributed by atoms with Crippen molar-refractivity contribution < 1.29 is 15.3 Å². The lowest BCUT2D eigenvalue weighted by molar-refractivity contribution is 0.00446. The van der Waals surface area contributed by atoms with Crippen LogP contribution < -0.4 is 11.1 Å². The molecule has 130 valence electrons. The maximum absolute atomic E-state index is 10.2. The molecule has 2 heterocycles. The fraction of sp³-hybridized carbons (Fsp3) is 0.533. The molecule has 1 fully saturated rings. The van der Waals surface area contributed by atoms with Gasteiger partial charge in [0, 0.05) is 23.6 Å². The summed E-state index contributed by atoms with van der Waals surface area (Å²) in [5.41, 5.74) is 8.09. The molecule has 1 aliphatic rings. The Bertz CT molecular complexity index is 738. The number of aryl methyl sites for hydroxylation is 2. The van der Waals surface area contributed by atoms with Gasteiger partial charge in [0.1, 0.15) is 16.9 Å². The third-order valence-electron chi connectivity index (χ3n) is 4.30. The Morgan fingerprint density at radius 1 is 1.25 bits per heavy atom. The summed E-state index contributed by atoms with van der Waals surface area (Å²) in [6.45, 7) is 3.55. The minimum Gasteiger partial charge on any atom is -0.396 e. The van der Waals surface area contributed by atoms with Crippen LogP contribution in [-0.2, 0) is 0 Å². The first-order valence-corrected chi connectivity index (χ1v) is 8.58. The minimum atomic E-state index is -0.996. The van der Waals surface area contributed by atoms with Gasteiger partial charge in [-0.3, -0.25) is 0 Å². The number of nitrogens with zero attached hydrogens (tertiary/aromatic N) is 3. The van der Waals surface area contributed by atoms with E-state index in [1.54, 1.807) is 0 Å². The van der Waals surface area contributed by atoms with Crippen molar-refractivity contribution in [1.29, 1.82) is 0 Å². The maximum atomic E-state index is 10.2. The number of hydrogen-bond donors (Lipinski definition) is 5. The first-order valence-electron chi connectivity index (χ1n) is 7.70. The van der Waals surface area contributed by atoms with Crippen LogP contribution in [-0.4, -0.2) is 55.1 Å². The second-order valence-electron chi connectivity index (χ2n) is 6.10. The van der Waals surface area contributed by atoms with Crippen LogP contribution in [0.3, 0.4) is 0 Å². The average molecular weight is 351 g/mol. The highest BCUT2D eigenvalue weighted by atomic mass is 32.1. The molecule has 1 aliphatic carbocycles. The number of thiazole rings is 1. The van der Waals surface area contributed by atoms with Gasteiger partial charge >= 0.3 is 0 Å². The van der Waals surface area contributed by atoms with E-state index in [-0.39, 0.29) is 18.5 Å². The normalized spacial score (nSPS) is 26.7. The molecule has 1 saturated carbocycles. The molecule has 0 amide bonds. The van der Waals surface area contributed by atoms with Gasteiger partial charge in [0.25, 0.3) is 0 Å². The molecular weight excluding hydrogens is 330 g/mol. The lowest BCUT2D eigenvalue weighted by Crippen LogP contribution is -2.35. The first kappa shape index (κ1) is 17.0. The zero-order valence-corrected chi connectivity index (χ0v) is 14.3. The molecule has 8 nitrogen and oxygen atoms in total. The topological polar surface area (TPSA) is 137 Å². The molecule has 0 aromatic carbocycles. The monoisotopic (exact) mass is 351 g/mol. The summed E-state index contributed by atoms with van der Waals surface area (Å²) in [4.78, 5) is 12.9. The number of nitrogen functional groups attached to an aromatic ring is 1. The van der Waals surface area contributed by atoms with E-state index in [1.807, 2.05) is 19.2 Å². The molecule has 2 aromatic heterocycles. The minimum absolute atomic E-state index is 0.124. The van der Waals surface area contributed by atoms with Gasteiger partial charge in [-0.05, 0) is 20.3 Å².